The van der Waals surface area contributed by atoms with E-state index in [9.17, 15) is 0 Å². The normalized spacial score (nSPS) is 19.5. The number of halogens is 1. The number of hydrogen-bond donors (Lipinski definition) is 3. The molecule has 2 aromatic heterocycles. The third-order valence-electron chi connectivity index (χ3n) is 6.36. The smallest absolute Gasteiger partial charge is 0.225 e. The highest BCUT2D eigenvalue weighted by Gasteiger charge is 2.27. The Balaban J connectivity index is 1.74. The second kappa shape index (κ2) is 9.01. The maximum absolute atomic E-state index is 6.20. The number of anilines is 3. The van der Waals surface area contributed by atoms with E-state index in [2.05, 4.69) is 41.0 Å². The van der Waals surface area contributed by atoms with E-state index in [1.165, 1.54) is 0 Å². The first-order valence-corrected chi connectivity index (χ1v) is 11.5. The SMILES string of the molecule is CCC(C)(C)Nc1ncc2nc(Nc3cccc(Cl)c3)n([C@H]3CC[C@@H](CN)CC3)c2n1. The highest BCUT2D eigenvalue weighted by atomic mass is 35.5. The van der Waals surface area contributed by atoms with Crippen LogP contribution in [0.2, 0.25) is 5.02 Å². The summed E-state index contributed by atoms with van der Waals surface area (Å²) >= 11 is 6.20. The topological polar surface area (TPSA) is 93.7 Å². The zero-order valence-electron chi connectivity index (χ0n) is 18.5. The van der Waals surface area contributed by atoms with Crippen LogP contribution in [-0.2, 0) is 0 Å². The molecule has 7 nitrogen and oxygen atoms in total. The van der Waals surface area contributed by atoms with Gasteiger partial charge in [-0.15, -0.1) is 0 Å². The van der Waals surface area contributed by atoms with Crippen molar-refractivity contribution in [1.29, 1.82) is 0 Å². The minimum absolute atomic E-state index is 0.0837. The third-order valence-corrected chi connectivity index (χ3v) is 6.60. The summed E-state index contributed by atoms with van der Waals surface area (Å²) < 4.78 is 2.24. The van der Waals surface area contributed by atoms with Crippen molar-refractivity contribution in [3.8, 4) is 0 Å². The molecule has 1 saturated carbocycles. The van der Waals surface area contributed by atoms with Crippen LogP contribution in [0.3, 0.4) is 0 Å². The van der Waals surface area contributed by atoms with E-state index in [1.807, 2.05) is 30.5 Å². The standard InChI is InChI=1S/C23H32ClN7/c1-4-23(2,3)30-21-26-14-19-20(29-21)31(18-10-8-15(13-25)9-11-18)22(28-19)27-17-7-5-6-16(24)12-17/h5-7,12,14-15,18H,4,8-11,13,25H2,1-3H3,(H,27,28)(H,26,29,30)/t15-,18+. The number of rotatable bonds is 7. The number of fused-ring (bicyclic) bond motifs is 1. The number of nitrogens with zero attached hydrogens (tertiary/aromatic N) is 4. The lowest BCUT2D eigenvalue weighted by Gasteiger charge is -2.30. The van der Waals surface area contributed by atoms with E-state index in [0.29, 0.717) is 22.9 Å². The lowest BCUT2D eigenvalue weighted by molar-refractivity contribution is 0.284. The Morgan fingerprint density at radius 2 is 1.97 bits per heavy atom. The number of imidazole rings is 1. The van der Waals surface area contributed by atoms with Crippen LogP contribution in [0.25, 0.3) is 11.2 Å². The summed E-state index contributed by atoms with van der Waals surface area (Å²) in [6.45, 7) is 7.21. The van der Waals surface area contributed by atoms with Crippen LogP contribution >= 0.6 is 11.6 Å². The van der Waals surface area contributed by atoms with Crippen LogP contribution in [0.4, 0.5) is 17.6 Å². The molecule has 166 valence electrons. The first-order valence-electron chi connectivity index (χ1n) is 11.1. The maximum atomic E-state index is 6.20. The molecule has 0 unspecified atom stereocenters. The average Bonchev–Trinajstić information content (AvgIpc) is 3.10. The fraction of sp³-hybridized carbons (Fsp3) is 0.522. The second-order valence-electron chi connectivity index (χ2n) is 9.12. The molecule has 31 heavy (non-hydrogen) atoms. The largest absolute Gasteiger partial charge is 0.349 e. The Morgan fingerprint density at radius 3 is 2.65 bits per heavy atom. The molecule has 0 radical (unpaired) electrons. The fourth-order valence-electron chi connectivity index (χ4n) is 4.11. The lowest BCUT2D eigenvalue weighted by Crippen LogP contribution is -2.30. The van der Waals surface area contributed by atoms with Crippen molar-refractivity contribution in [3.05, 3.63) is 35.5 Å². The third kappa shape index (κ3) is 4.93. The molecule has 2 heterocycles. The molecule has 4 rings (SSSR count). The summed E-state index contributed by atoms with van der Waals surface area (Å²) in [5.74, 6) is 2.01. The number of aromatic nitrogens is 4. The van der Waals surface area contributed by atoms with Gasteiger partial charge in [-0.05, 0) is 76.6 Å². The zero-order chi connectivity index (χ0) is 22.0. The van der Waals surface area contributed by atoms with Gasteiger partial charge in [-0.25, -0.2) is 9.97 Å². The first kappa shape index (κ1) is 21.8. The molecule has 1 aliphatic rings. The minimum Gasteiger partial charge on any atom is -0.349 e. The van der Waals surface area contributed by atoms with Crippen LogP contribution < -0.4 is 16.4 Å². The summed E-state index contributed by atoms with van der Waals surface area (Å²) in [5.41, 5.74) is 8.38. The molecule has 3 aromatic rings. The predicted octanol–water partition coefficient (Wildman–Crippen LogP) is 5.51. The summed E-state index contributed by atoms with van der Waals surface area (Å²) in [4.78, 5) is 14.3. The van der Waals surface area contributed by atoms with Gasteiger partial charge in [-0.3, -0.25) is 4.57 Å². The Bertz CT molecular complexity index is 1040. The molecule has 0 amide bonds. The van der Waals surface area contributed by atoms with E-state index < -0.39 is 0 Å². The molecule has 1 aliphatic carbocycles. The van der Waals surface area contributed by atoms with Gasteiger partial charge in [0.15, 0.2) is 5.65 Å². The molecule has 0 saturated heterocycles. The van der Waals surface area contributed by atoms with Crippen LogP contribution in [0.15, 0.2) is 30.5 Å². The van der Waals surface area contributed by atoms with Crippen molar-refractivity contribution in [3.63, 3.8) is 0 Å². The summed E-state index contributed by atoms with van der Waals surface area (Å²) in [6.07, 6.45) is 7.14. The molecule has 0 atom stereocenters. The van der Waals surface area contributed by atoms with Crippen LogP contribution in [0.1, 0.15) is 58.9 Å². The van der Waals surface area contributed by atoms with E-state index in [4.69, 9.17) is 27.3 Å². The summed E-state index contributed by atoms with van der Waals surface area (Å²) in [7, 11) is 0. The Kier molecular flexibility index (Phi) is 6.34. The lowest BCUT2D eigenvalue weighted by atomic mass is 9.86. The van der Waals surface area contributed by atoms with Gasteiger partial charge >= 0.3 is 0 Å². The van der Waals surface area contributed by atoms with Gasteiger partial charge in [0.2, 0.25) is 11.9 Å². The second-order valence-corrected chi connectivity index (χ2v) is 9.55. The Labute approximate surface area is 188 Å². The van der Waals surface area contributed by atoms with Crippen molar-refractivity contribution < 1.29 is 0 Å². The quantitative estimate of drug-likeness (QED) is 0.447. The highest BCUT2D eigenvalue weighted by molar-refractivity contribution is 6.30. The minimum atomic E-state index is -0.0837. The molecule has 0 spiro atoms. The number of nitrogens with one attached hydrogen (secondary N) is 2. The molecule has 4 N–H and O–H groups in total. The van der Waals surface area contributed by atoms with Gasteiger partial charge in [0.25, 0.3) is 0 Å². The van der Waals surface area contributed by atoms with E-state index in [1.54, 1.807) is 0 Å². The number of hydrogen-bond acceptors (Lipinski definition) is 6. The van der Waals surface area contributed by atoms with Crippen molar-refractivity contribution in [2.45, 2.75) is 64.5 Å². The molecule has 1 fully saturated rings. The first-order chi connectivity index (χ1) is 14.9. The maximum Gasteiger partial charge on any atom is 0.225 e. The molecular formula is C23H32ClN7. The van der Waals surface area contributed by atoms with Gasteiger partial charge in [0, 0.05) is 22.3 Å². The monoisotopic (exact) mass is 441 g/mol. The van der Waals surface area contributed by atoms with Gasteiger partial charge in [-0.1, -0.05) is 24.6 Å². The van der Waals surface area contributed by atoms with E-state index in [0.717, 1.165) is 61.4 Å². The molecule has 8 heteroatoms. The van der Waals surface area contributed by atoms with Gasteiger partial charge in [0.05, 0.1) is 6.20 Å². The molecule has 0 aliphatic heterocycles. The van der Waals surface area contributed by atoms with Gasteiger partial charge in [-0.2, -0.15) is 4.98 Å². The van der Waals surface area contributed by atoms with Crippen LogP contribution in [0.5, 0.6) is 0 Å². The average molecular weight is 442 g/mol. The van der Waals surface area contributed by atoms with Crippen molar-refractivity contribution in [2.24, 2.45) is 11.7 Å². The Morgan fingerprint density at radius 1 is 1.19 bits per heavy atom. The van der Waals surface area contributed by atoms with Crippen molar-refractivity contribution >= 4 is 40.3 Å². The van der Waals surface area contributed by atoms with Crippen LogP contribution in [0, 0.1) is 5.92 Å². The molecule has 0 bridgehead atoms. The highest BCUT2D eigenvalue weighted by Crippen LogP contribution is 2.37. The van der Waals surface area contributed by atoms with Gasteiger partial charge < -0.3 is 16.4 Å². The summed E-state index contributed by atoms with van der Waals surface area (Å²) in [6, 6.07) is 8.00. The predicted molar refractivity (Wildman–Crippen MR) is 128 cm³/mol. The summed E-state index contributed by atoms with van der Waals surface area (Å²) in [5, 5.41) is 7.60. The van der Waals surface area contributed by atoms with E-state index >= 15 is 0 Å². The number of benzene rings is 1. The van der Waals surface area contributed by atoms with Gasteiger partial charge in [0.1, 0.15) is 5.52 Å². The zero-order valence-corrected chi connectivity index (χ0v) is 19.3. The molecular weight excluding hydrogens is 410 g/mol. The van der Waals surface area contributed by atoms with Crippen molar-refractivity contribution in [1.82, 2.24) is 19.5 Å². The molecule has 1 aromatic carbocycles. The fourth-order valence-corrected chi connectivity index (χ4v) is 4.30. The number of nitrogens with two attached hydrogens (primary N) is 1. The van der Waals surface area contributed by atoms with Crippen molar-refractivity contribution in [2.75, 3.05) is 17.2 Å². The van der Waals surface area contributed by atoms with Crippen LogP contribution in [-0.4, -0.2) is 31.6 Å². The Hall–Kier alpha value is -2.38. The van der Waals surface area contributed by atoms with E-state index in [-0.39, 0.29) is 5.54 Å².